The molecular weight excluding hydrogens is 258 g/mol. The molecule has 2 atom stereocenters. The lowest BCUT2D eigenvalue weighted by atomic mass is 9.97. The van der Waals surface area contributed by atoms with E-state index in [1.165, 1.54) is 0 Å². The number of methoxy groups -OCH3 is 1. The number of hydrogen-bond acceptors (Lipinski definition) is 4. The molecule has 5 nitrogen and oxygen atoms in total. The van der Waals surface area contributed by atoms with E-state index in [2.05, 4.69) is 0 Å². The molecule has 1 fully saturated rings. The van der Waals surface area contributed by atoms with Crippen molar-refractivity contribution in [2.24, 2.45) is 5.92 Å². The maximum Gasteiger partial charge on any atom is 0.260 e. The summed E-state index contributed by atoms with van der Waals surface area (Å²) < 4.78 is 10.7. The topological polar surface area (TPSA) is 59.0 Å². The van der Waals surface area contributed by atoms with Gasteiger partial charge in [0.1, 0.15) is 0 Å². The summed E-state index contributed by atoms with van der Waals surface area (Å²) in [5.41, 5.74) is 0. The van der Waals surface area contributed by atoms with Crippen LogP contribution in [0.4, 0.5) is 0 Å². The van der Waals surface area contributed by atoms with Gasteiger partial charge in [0.25, 0.3) is 5.91 Å². The van der Waals surface area contributed by atoms with Crippen molar-refractivity contribution < 1.29 is 19.4 Å². The second-order valence-electron chi connectivity index (χ2n) is 5.11. The number of para-hydroxylation sites is 2. The first-order chi connectivity index (χ1) is 9.61. The maximum atomic E-state index is 12.1. The Kier molecular flexibility index (Phi) is 4.84. The summed E-state index contributed by atoms with van der Waals surface area (Å²) in [5.74, 6) is 1.23. The molecule has 1 aliphatic rings. The summed E-state index contributed by atoms with van der Waals surface area (Å²) in [4.78, 5) is 13.8. The Bertz CT molecular complexity index is 463. The van der Waals surface area contributed by atoms with E-state index in [-0.39, 0.29) is 24.5 Å². The molecule has 2 rings (SSSR count). The zero-order valence-electron chi connectivity index (χ0n) is 11.9. The Morgan fingerprint density at radius 1 is 1.40 bits per heavy atom. The Hall–Kier alpha value is -1.75. The van der Waals surface area contributed by atoms with Crippen molar-refractivity contribution in [1.82, 2.24) is 4.90 Å². The Balaban J connectivity index is 1.89. The Morgan fingerprint density at radius 2 is 2.10 bits per heavy atom. The number of aliphatic hydroxyl groups excluding tert-OH is 1. The van der Waals surface area contributed by atoms with E-state index in [0.717, 1.165) is 0 Å². The van der Waals surface area contributed by atoms with Crippen LogP contribution < -0.4 is 9.47 Å². The molecule has 110 valence electrons. The van der Waals surface area contributed by atoms with Crippen LogP contribution in [0.25, 0.3) is 0 Å². The molecule has 0 radical (unpaired) electrons. The number of benzene rings is 1. The number of ether oxygens (including phenoxy) is 2. The van der Waals surface area contributed by atoms with Gasteiger partial charge in [-0.2, -0.15) is 0 Å². The van der Waals surface area contributed by atoms with Crippen LogP contribution in [-0.4, -0.2) is 48.8 Å². The van der Waals surface area contributed by atoms with Gasteiger partial charge in [-0.1, -0.05) is 19.1 Å². The van der Waals surface area contributed by atoms with Gasteiger partial charge in [0.05, 0.1) is 13.2 Å². The lowest BCUT2D eigenvalue weighted by molar-refractivity contribution is -0.136. The van der Waals surface area contributed by atoms with Crippen LogP contribution in [0.5, 0.6) is 11.5 Å². The highest BCUT2D eigenvalue weighted by molar-refractivity contribution is 5.78. The van der Waals surface area contributed by atoms with E-state index in [4.69, 9.17) is 9.47 Å². The molecule has 0 bridgehead atoms. The van der Waals surface area contributed by atoms with E-state index in [0.29, 0.717) is 31.0 Å². The van der Waals surface area contributed by atoms with Gasteiger partial charge < -0.3 is 19.5 Å². The van der Waals surface area contributed by atoms with Gasteiger partial charge in [0.15, 0.2) is 18.1 Å². The molecule has 0 saturated carbocycles. The minimum absolute atomic E-state index is 0.0107. The molecule has 0 aliphatic carbocycles. The second kappa shape index (κ2) is 6.61. The quantitative estimate of drug-likeness (QED) is 0.902. The average molecular weight is 279 g/mol. The van der Waals surface area contributed by atoms with Crippen molar-refractivity contribution in [3.8, 4) is 11.5 Å². The molecule has 1 aromatic rings. The van der Waals surface area contributed by atoms with Crippen molar-refractivity contribution in [3.63, 3.8) is 0 Å². The van der Waals surface area contributed by atoms with Gasteiger partial charge in [-0.15, -0.1) is 0 Å². The summed E-state index contributed by atoms with van der Waals surface area (Å²) in [6.07, 6.45) is 0.316. The number of amides is 1. The minimum atomic E-state index is -0.311. The maximum absolute atomic E-state index is 12.1. The molecule has 1 amide bonds. The van der Waals surface area contributed by atoms with E-state index >= 15 is 0 Å². The summed E-state index contributed by atoms with van der Waals surface area (Å²) in [7, 11) is 1.57. The number of nitrogens with zero attached hydrogens (tertiary/aromatic N) is 1. The van der Waals surface area contributed by atoms with Crippen molar-refractivity contribution in [2.75, 3.05) is 26.8 Å². The van der Waals surface area contributed by atoms with Crippen molar-refractivity contribution in [3.05, 3.63) is 24.3 Å². The van der Waals surface area contributed by atoms with Crippen LogP contribution in [0.2, 0.25) is 0 Å². The first-order valence-corrected chi connectivity index (χ1v) is 6.83. The van der Waals surface area contributed by atoms with Gasteiger partial charge in [0.2, 0.25) is 0 Å². The Labute approximate surface area is 119 Å². The first-order valence-electron chi connectivity index (χ1n) is 6.83. The fraction of sp³-hybridized carbons (Fsp3) is 0.533. The first kappa shape index (κ1) is 14.7. The van der Waals surface area contributed by atoms with Crippen LogP contribution in [0.3, 0.4) is 0 Å². The normalized spacial score (nSPS) is 22.4. The lowest BCUT2D eigenvalue weighted by Crippen LogP contribution is -2.46. The van der Waals surface area contributed by atoms with Crippen LogP contribution in [-0.2, 0) is 4.79 Å². The highest BCUT2D eigenvalue weighted by Crippen LogP contribution is 2.26. The molecule has 0 spiro atoms. The molecule has 0 aromatic heterocycles. The average Bonchev–Trinajstić information content (AvgIpc) is 2.47. The van der Waals surface area contributed by atoms with Gasteiger partial charge in [-0.3, -0.25) is 4.79 Å². The Morgan fingerprint density at radius 3 is 2.75 bits per heavy atom. The number of piperidine rings is 1. The number of carbonyl (C=O) groups is 1. The number of hydrogen-bond donors (Lipinski definition) is 1. The van der Waals surface area contributed by atoms with Crippen LogP contribution >= 0.6 is 0 Å². The fourth-order valence-corrected chi connectivity index (χ4v) is 2.33. The van der Waals surface area contributed by atoms with Gasteiger partial charge in [-0.05, 0) is 24.5 Å². The minimum Gasteiger partial charge on any atom is -0.493 e. The third-order valence-corrected chi connectivity index (χ3v) is 3.63. The van der Waals surface area contributed by atoms with Crippen LogP contribution in [0.1, 0.15) is 13.3 Å². The third kappa shape index (κ3) is 3.42. The highest BCUT2D eigenvalue weighted by Gasteiger charge is 2.27. The largest absolute Gasteiger partial charge is 0.493 e. The standard InChI is InChI=1S/C15H21NO4/c1-11-9-16(8-7-12(11)17)15(18)10-20-14-6-4-3-5-13(14)19-2/h3-6,11-12,17H,7-10H2,1-2H3. The fourth-order valence-electron chi connectivity index (χ4n) is 2.33. The lowest BCUT2D eigenvalue weighted by Gasteiger charge is -2.34. The van der Waals surface area contributed by atoms with E-state index < -0.39 is 0 Å². The summed E-state index contributed by atoms with van der Waals surface area (Å²) >= 11 is 0. The molecular formula is C15H21NO4. The third-order valence-electron chi connectivity index (χ3n) is 3.63. The zero-order chi connectivity index (χ0) is 14.5. The van der Waals surface area contributed by atoms with Crippen molar-refractivity contribution in [1.29, 1.82) is 0 Å². The highest BCUT2D eigenvalue weighted by atomic mass is 16.5. The van der Waals surface area contributed by atoms with Gasteiger partial charge in [-0.25, -0.2) is 0 Å². The van der Waals surface area contributed by atoms with E-state index in [1.54, 1.807) is 24.1 Å². The molecule has 1 aliphatic heterocycles. The molecule has 20 heavy (non-hydrogen) atoms. The van der Waals surface area contributed by atoms with E-state index in [1.807, 2.05) is 19.1 Å². The number of carbonyl (C=O) groups excluding carboxylic acids is 1. The van der Waals surface area contributed by atoms with Crippen LogP contribution in [0, 0.1) is 5.92 Å². The smallest absolute Gasteiger partial charge is 0.260 e. The second-order valence-corrected chi connectivity index (χ2v) is 5.11. The van der Waals surface area contributed by atoms with Crippen molar-refractivity contribution >= 4 is 5.91 Å². The summed E-state index contributed by atoms with van der Waals surface area (Å²) in [6.45, 7) is 3.10. The number of likely N-dealkylation sites (tertiary alicyclic amines) is 1. The number of aliphatic hydroxyl groups is 1. The van der Waals surface area contributed by atoms with Crippen molar-refractivity contribution in [2.45, 2.75) is 19.4 Å². The van der Waals surface area contributed by atoms with Crippen LogP contribution in [0.15, 0.2) is 24.3 Å². The van der Waals surface area contributed by atoms with Gasteiger partial charge >= 0.3 is 0 Å². The molecule has 1 N–H and O–H groups in total. The summed E-state index contributed by atoms with van der Waals surface area (Å²) in [6, 6.07) is 7.25. The molecule has 1 saturated heterocycles. The molecule has 5 heteroatoms. The molecule has 2 unspecified atom stereocenters. The zero-order valence-corrected chi connectivity index (χ0v) is 11.9. The SMILES string of the molecule is COc1ccccc1OCC(=O)N1CCC(O)C(C)C1. The predicted molar refractivity (Wildman–Crippen MR) is 74.9 cm³/mol. The summed E-state index contributed by atoms with van der Waals surface area (Å²) in [5, 5.41) is 9.67. The number of rotatable bonds is 4. The molecule has 1 aromatic carbocycles. The monoisotopic (exact) mass is 279 g/mol. The molecule has 1 heterocycles. The van der Waals surface area contributed by atoms with E-state index in [9.17, 15) is 9.90 Å². The predicted octanol–water partition coefficient (Wildman–Crippen LogP) is 1.30. The van der Waals surface area contributed by atoms with Gasteiger partial charge in [0, 0.05) is 13.1 Å².